The summed E-state index contributed by atoms with van der Waals surface area (Å²) >= 11 is 4.88. The Labute approximate surface area is 194 Å². The van der Waals surface area contributed by atoms with E-state index in [0.29, 0.717) is 15.7 Å². The second-order valence-corrected chi connectivity index (χ2v) is 10.3. The molecule has 31 heavy (non-hydrogen) atoms. The van der Waals surface area contributed by atoms with E-state index in [4.69, 9.17) is 15.9 Å². The van der Waals surface area contributed by atoms with Crippen LogP contribution in [-0.2, 0) is 16.4 Å². The van der Waals surface area contributed by atoms with E-state index in [1.165, 1.54) is 13.2 Å². The van der Waals surface area contributed by atoms with Crippen molar-refractivity contribution in [1.29, 1.82) is 5.41 Å². The minimum absolute atomic E-state index is 0.0456. The first-order chi connectivity index (χ1) is 14.8. The van der Waals surface area contributed by atoms with E-state index in [0.717, 1.165) is 22.6 Å². The summed E-state index contributed by atoms with van der Waals surface area (Å²) in [7, 11) is -2.40. The zero-order chi connectivity index (χ0) is 22.4. The fourth-order valence-corrected chi connectivity index (χ4v) is 5.73. The van der Waals surface area contributed by atoms with Gasteiger partial charge in [-0.1, -0.05) is 52.3 Å². The van der Waals surface area contributed by atoms with E-state index < -0.39 is 10.0 Å². The van der Waals surface area contributed by atoms with Gasteiger partial charge in [0.05, 0.1) is 12.8 Å². The van der Waals surface area contributed by atoms with E-state index >= 15 is 0 Å². The first-order valence-corrected chi connectivity index (χ1v) is 12.6. The second-order valence-electron chi connectivity index (χ2n) is 6.61. The number of methoxy groups -OCH3 is 1. The Hall–Kier alpha value is -2.49. The van der Waals surface area contributed by atoms with Crippen LogP contribution in [0.2, 0.25) is 0 Å². The molecule has 162 valence electrons. The van der Waals surface area contributed by atoms with Gasteiger partial charge >= 0.3 is 0 Å². The lowest BCUT2D eigenvalue weighted by Crippen LogP contribution is -2.14. The van der Waals surface area contributed by atoms with E-state index in [1.807, 2.05) is 36.4 Å². The van der Waals surface area contributed by atoms with E-state index in [1.54, 1.807) is 36.0 Å². The number of sulfonamides is 1. The zero-order valence-corrected chi connectivity index (χ0v) is 20.0. The number of nitrogen functional groups attached to an aromatic ring is 1. The molecule has 0 radical (unpaired) electrons. The second kappa shape index (κ2) is 10.2. The largest absolute Gasteiger partial charge is 0.495 e. The number of para-hydroxylation sites is 1. The summed E-state index contributed by atoms with van der Waals surface area (Å²) in [5, 5.41) is 7.46. The van der Waals surface area contributed by atoms with Gasteiger partial charge < -0.3 is 10.5 Å². The van der Waals surface area contributed by atoms with Crippen LogP contribution in [0.1, 0.15) is 11.1 Å². The average Bonchev–Trinajstić information content (AvgIpc) is 2.75. The summed E-state index contributed by atoms with van der Waals surface area (Å²) in [6.07, 6.45) is 0.795. The van der Waals surface area contributed by atoms with Crippen LogP contribution in [0.3, 0.4) is 0 Å². The molecular weight excluding hydrogens is 498 g/mol. The Kier molecular flexibility index (Phi) is 7.64. The topological polar surface area (TPSA) is 105 Å². The standard InChI is InChI=1S/C22H22BrN3O3S2/c1-29-19-11-10-17(23)14-21(19)31(27,28)26-18-4-2-3-5-20(18)30-13-12-15-6-8-16(9-7-15)22(24)25/h2-11,14,26H,12-13H2,1H3,(H3,24,25). The van der Waals surface area contributed by atoms with Gasteiger partial charge in [0.15, 0.2) is 0 Å². The number of aryl methyl sites for hydroxylation is 1. The van der Waals surface area contributed by atoms with Gasteiger partial charge in [0.2, 0.25) is 0 Å². The number of benzene rings is 3. The number of amidine groups is 1. The molecule has 0 unspecified atom stereocenters. The molecule has 4 N–H and O–H groups in total. The van der Waals surface area contributed by atoms with Gasteiger partial charge in [-0.2, -0.15) is 0 Å². The van der Waals surface area contributed by atoms with E-state index in [2.05, 4.69) is 20.7 Å². The summed E-state index contributed by atoms with van der Waals surface area (Å²) in [5.74, 6) is 1.08. The molecule has 0 fully saturated rings. The number of rotatable bonds is 9. The number of thioether (sulfide) groups is 1. The highest BCUT2D eigenvalue weighted by Crippen LogP contribution is 2.32. The summed E-state index contributed by atoms with van der Waals surface area (Å²) in [5.41, 5.74) is 7.82. The van der Waals surface area contributed by atoms with Crippen molar-refractivity contribution in [2.75, 3.05) is 17.6 Å². The molecule has 9 heteroatoms. The van der Waals surface area contributed by atoms with Crippen LogP contribution in [0.5, 0.6) is 5.75 Å². The fourth-order valence-electron chi connectivity index (χ4n) is 2.87. The number of ether oxygens (including phenoxy) is 1. The van der Waals surface area contributed by atoms with Gasteiger partial charge in [0, 0.05) is 20.7 Å². The van der Waals surface area contributed by atoms with Gasteiger partial charge in [-0.3, -0.25) is 10.1 Å². The number of hydrogen-bond donors (Lipinski definition) is 3. The van der Waals surface area contributed by atoms with Crippen molar-refractivity contribution in [3.63, 3.8) is 0 Å². The number of anilines is 1. The molecule has 0 aliphatic heterocycles. The molecule has 0 spiro atoms. The molecule has 3 aromatic rings. The van der Waals surface area contributed by atoms with Crippen molar-refractivity contribution >= 4 is 49.2 Å². The van der Waals surface area contributed by atoms with Crippen molar-refractivity contribution < 1.29 is 13.2 Å². The Balaban J connectivity index is 1.73. The van der Waals surface area contributed by atoms with Gasteiger partial charge in [-0.05, 0) is 42.3 Å². The van der Waals surface area contributed by atoms with Crippen molar-refractivity contribution in [1.82, 2.24) is 0 Å². The molecule has 0 aromatic heterocycles. The molecule has 3 rings (SSSR count). The van der Waals surface area contributed by atoms with E-state index in [-0.39, 0.29) is 16.5 Å². The van der Waals surface area contributed by atoms with Crippen LogP contribution in [0.15, 0.2) is 81.0 Å². The number of nitrogens with two attached hydrogens (primary N) is 1. The monoisotopic (exact) mass is 519 g/mol. The molecule has 0 aliphatic carbocycles. The summed E-state index contributed by atoms with van der Waals surface area (Å²) < 4.78 is 34.6. The third-order valence-electron chi connectivity index (χ3n) is 4.46. The highest BCUT2D eigenvalue weighted by Gasteiger charge is 2.21. The molecule has 0 aliphatic rings. The Bertz CT molecular complexity index is 1180. The summed E-state index contributed by atoms with van der Waals surface area (Å²) in [6.45, 7) is 0. The van der Waals surface area contributed by atoms with Gasteiger partial charge in [-0.15, -0.1) is 11.8 Å². The molecular formula is C22H22BrN3O3S2. The number of hydrogen-bond acceptors (Lipinski definition) is 5. The molecule has 0 amide bonds. The molecule has 0 bridgehead atoms. The third-order valence-corrected chi connectivity index (χ3v) is 7.42. The van der Waals surface area contributed by atoms with Crippen LogP contribution < -0.4 is 15.2 Å². The highest BCUT2D eigenvalue weighted by molar-refractivity contribution is 9.10. The maximum absolute atomic E-state index is 13.0. The van der Waals surface area contributed by atoms with Crippen LogP contribution in [0.4, 0.5) is 5.69 Å². The molecule has 0 atom stereocenters. The Morgan fingerprint density at radius 2 is 1.84 bits per heavy atom. The normalized spacial score (nSPS) is 11.2. The lowest BCUT2D eigenvalue weighted by Gasteiger charge is -2.14. The molecule has 3 aromatic carbocycles. The maximum Gasteiger partial charge on any atom is 0.265 e. The van der Waals surface area contributed by atoms with Crippen LogP contribution in [-0.4, -0.2) is 27.1 Å². The van der Waals surface area contributed by atoms with Crippen LogP contribution >= 0.6 is 27.7 Å². The molecule has 0 saturated carbocycles. The van der Waals surface area contributed by atoms with Crippen LogP contribution in [0, 0.1) is 5.41 Å². The number of halogens is 1. The van der Waals surface area contributed by atoms with Crippen molar-refractivity contribution in [3.05, 3.63) is 82.3 Å². The van der Waals surface area contributed by atoms with Gasteiger partial charge in [0.25, 0.3) is 10.0 Å². The highest BCUT2D eigenvalue weighted by atomic mass is 79.9. The third kappa shape index (κ3) is 6.03. The first-order valence-electron chi connectivity index (χ1n) is 9.31. The summed E-state index contributed by atoms with van der Waals surface area (Å²) in [4.78, 5) is 0.898. The van der Waals surface area contributed by atoms with Gasteiger partial charge in [-0.25, -0.2) is 8.42 Å². The van der Waals surface area contributed by atoms with Crippen molar-refractivity contribution in [2.45, 2.75) is 16.2 Å². The fraction of sp³-hybridized carbons (Fsp3) is 0.136. The quantitative estimate of drug-likeness (QED) is 0.212. The molecule has 6 nitrogen and oxygen atoms in total. The zero-order valence-electron chi connectivity index (χ0n) is 16.8. The predicted octanol–water partition coefficient (Wildman–Crippen LogP) is 4.88. The summed E-state index contributed by atoms with van der Waals surface area (Å²) in [6, 6.07) is 19.7. The lowest BCUT2D eigenvalue weighted by molar-refractivity contribution is 0.403. The molecule has 0 heterocycles. The number of nitrogens with one attached hydrogen (secondary N) is 2. The maximum atomic E-state index is 13.0. The minimum atomic E-state index is -3.84. The Morgan fingerprint density at radius 1 is 1.13 bits per heavy atom. The van der Waals surface area contributed by atoms with Crippen LogP contribution in [0.25, 0.3) is 0 Å². The Morgan fingerprint density at radius 3 is 2.52 bits per heavy atom. The smallest absolute Gasteiger partial charge is 0.265 e. The van der Waals surface area contributed by atoms with Crippen molar-refractivity contribution in [2.24, 2.45) is 5.73 Å². The first kappa shape index (κ1) is 23.2. The van der Waals surface area contributed by atoms with Gasteiger partial charge in [0.1, 0.15) is 16.5 Å². The SMILES string of the molecule is COc1ccc(Br)cc1S(=O)(=O)Nc1ccccc1SCCc1ccc(C(=N)N)cc1. The predicted molar refractivity (Wildman–Crippen MR) is 130 cm³/mol. The van der Waals surface area contributed by atoms with E-state index in [9.17, 15) is 8.42 Å². The lowest BCUT2D eigenvalue weighted by atomic mass is 10.1. The van der Waals surface area contributed by atoms with Crippen molar-refractivity contribution in [3.8, 4) is 5.75 Å². The molecule has 0 saturated heterocycles. The minimum Gasteiger partial charge on any atom is -0.495 e. The average molecular weight is 520 g/mol.